The van der Waals surface area contributed by atoms with Crippen LogP contribution < -0.4 is 9.47 Å². The van der Waals surface area contributed by atoms with Crippen LogP contribution in [0.4, 0.5) is 0 Å². The van der Waals surface area contributed by atoms with Crippen LogP contribution in [0.25, 0.3) is 0 Å². The van der Waals surface area contributed by atoms with Gasteiger partial charge in [0.25, 0.3) is 0 Å². The summed E-state index contributed by atoms with van der Waals surface area (Å²) in [5.41, 5.74) is 1.25. The lowest BCUT2D eigenvalue weighted by Crippen LogP contribution is -2.46. The summed E-state index contributed by atoms with van der Waals surface area (Å²) in [6.07, 6.45) is 7.62. The second-order valence-electron chi connectivity index (χ2n) is 9.25. The number of para-hydroxylation sites is 2. The molecule has 1 saturated carbocycles. The topological polar surface area (TPSA) is 40.2 Å². The smallest absolute Gasteiger partial charge is 0.161 e. The minimum Gasteiger partial charge on any atom is -0.486 e. The van der Waals surface area contributed by atoms with Crippen molar-refractivity contribution in [3.05, 3.63) is 60.2 Å². The van der Waals surface area contributed by atoms with Crippen LogP contribution in [0.2, 0.25) is 0 Å². The average Bonchev–Trinajstić information content (AvgIpc) is 3.33. The molecular weight excluding hydrogens is 402 g/mol. The molecule has 5 rings (SSSR count). The second-order valence-corrected chi connectivity index (χ2v) is 9.25. The molecule has 0 aromatic heterocycles. The van der Waals surface area contributed by atoms with Crippen molar-refractivity contribution in [2.75, 3.05) is 26.3 Å². The summed E-state index contributed by atoms with van der Waals surface area (Å²) in [5, 5.41) is 0. The Hall–Kier alpha value is -2.08. The largest absolute Gasteiger partial charge is 0.486 e. The van der Waals surface area contributed by atoms with Gasteiger partial charge in [0.15, 0.2) is 11.5 Å². The van der Waals surface area contributed by atoms with E-state index in [4.69, 9.17) is 18.9 Å². The number of benzene rings is 2. The number of ether oxygens (including phenoxy) is 4. The van der Waals surface area contributed by atoms with Gasteiger partial charge >= 0.3 is 0 Å². The Labute approximate surface area is 191 Å². The molecule has 0 bridgehead atoms. The zero-order chi connectivity index (χ0) is 21.6. The Kier molecular flexibility index (Phi) is 7.27. The van der Waals surface area contributed by atoms with E-state index in [2.05, 4.69) is 35.2 Å². The SMILES string of the molecule is c1ccc(CO[C@@H]2CCN([C@@H]3CCCC[C@H]3OCCC3COc4ccccc4O3)C2)cc1. The fourth-order valence-corrected chi connectivity index (χ4v) is 5.23. The van der Waals surface area contributed by atoms with Gasteiger partial charge in [-0.25, -0.2) is 0 Å². The number of hydrogen-bond acceptors (Lipinski definition) is 5. The minimum absolute atomic E-state index is 0.0643. The highest BCUT2D eigenvalue weighted by molar-refractivity contribution is 5.40. The van der Waals surface area contributed by atoms with Crippen molar-refractivity contribution in [2.24, 2.45) is 0 Å². The molecule has 5 nitrogen and oxygen atoms in total. The first kappa shape index (κ1) is 21.7. The van der Waals surface area contributed by atoms with Crippen LogP contribution in [0, 0.1) is 0 Å². The highest BCUT2D eigenvalue weighted by atomic mass is 16.6. The summed E-state index contributed by atoms with van der Waals surface area (Å²) in [5.74, 6) is 1.69. The highest BCUT2D eigenvalue weighted by Gasteiger charge is 2.35. The summed E-state index contributed by atoms with van der Waals surface area (Å²) in [6, 6.07) is 18.9. The zero-order valence-electron chi connectivity index (χ0n) is 18.9. The molecule has 1 aliphatic carbocycles. The lowest BCUT2D eigenvalue weighted by molar-refractivity contribution is -0.0471. The van der Waals surface area contributed by atoms with Gasteiger partial charge in [0.1, 0.15) is 12.7 Å². The molecule has 0 spiro atoms. The Morgan fingerprint density at radius 2 is 1.69 bits per heavy atom. The maximum Gasteiger partial charge on any atom is 0.161 e. The normalized spacial score (nSPS) is 28.0. The van der Waals surface area contributed by atoms with E-state index in [1.807, 2.05) is 24.3 Å². The first-order valence-electron chi connectivity index (χ1n) is 12.2. The van der Waals surface area contributed by atoms with Crippen LogP contribution in [-0.2, 0) is 16.1 Å². The lowest BCUT2D eigenvalue weighted by Gasteiger charge is -2.38. The van der Waals surface area contributed by atoms with E-state index in [0.717, 1.165) is 50.5 Å². The number of nitrogens with zero attached hydrogens (tertiary/aromatic N) is 1. The molecule has 2 aromatic carbocycles. The maximum absolute atomic E-state index is 6.45. The van der Waals surface area contributed by atoms with E-state index in [1.54, 1.807) is 0 Å². The molecule has 2 aromatic rings. The molecule has 3 aliphatic rings. The fourth-order valence-electron chi connectivity index (χ4n) is 5.23. The maximum atomic E-state index is 6.45. The third-order valence-electron chi connectivity index (χ3n) is 6.98. The van der Waals surface area contributed by atoms with Crippen molar-refractivity contribution in [1.29, 1.82) is 0 Å². The number of rotatable bonds is 8. The molecule has 4 atom stereocenters. The summed E-state index contributed by atoms with van der Waals surface area (Å²) in [4.78, 5) is 2.62. The minimum atomic E-state index is 0.0643. The zero-order valence-corrected chi connectivity index (χ0v) is 18.9. The average molecular weight is 438 g/mol. The van der Waals surface area contributed by atoms with E-state index in [9.17, 15) is 0 Å². The van der Waals surface area contributed by atoms with Gasteiger partial charge in [-0.1, -0.05) is 55.3 Å². The van der Waals surface area contributed by atoms with Crippen molar-refractivity contribution in [2.45, 2.75) is 69.5 Å². The molecule has 2 heterocycles. The van der Waals surface area contributed by atoms with Gasteiger partial charge in [0.05, 0.1) is 25.4 Å². The third-order valence-corrected chi connectivity index (χ3v) is 6.98. The number of likely N-dealkylation sites (tertiary alicyclic amines) is 1. The van der Waals surface area contributed by atoms with Crippen LogP contribution in [0.5, 0.6) is 11.5 Å². The Morgan fingerprint density at radius 1 is 0.875 bits per heavy atom. The van der Waals surface area contributed by atoms with Crippen LogP contribution in [0.1, 0.15) is 44.1 Å². The molecule has 5 heteroatoms. The van der Waals surface area contributed by atoms with Crippen molar-refractivity contribution in [3.63, 3.8) is 0 Å². The van der Waals surface area contributed by atoms with E-state index in [0.29, 0.717) is 31.5 Å². The van der Waals surface area contributed by atoms with E-state index in [-0.39, 0.29) is 6.10 Å². The Balaban J connectivity index is 1.07. The van der Waals surface area contributed by atoms with Crippen LogP contribution in [0.15, 0.2) is 54.6 Å². The van der Waals surface area contributed by atoms with Gasteiger partial charge in [-0.05, 0) is 37.0 Å². The number of fused-ring (bicyclic) bond motifs is 1. The van der Waals surface area contributed by atoms with Gasteiger partial charge in [-0.2, -0.15) is 0 Å². The molecule has 32 heavy (non-hydrogen) atoms. The van der Waals surface area contributed by atoms with Crippen molar-refractivity contribution in [3.8, 4) is 11.5 Å². The first-order valence-corrected chi connectivity index (χ1v) is 12.2. The third kappa shape index (κ3) is 5.45. The van der Waals surface area contributed by atoms with Crippen LogP contribution >= 0.6 is 0 Å². The van der Waals surface area contributed by atoms with Gasteiger partial charge in [0.2, 0.25) is 0 Å². The lowest BCUT2D eigenvalue weighted by atomic mass is 9.91. The van der Waals surface area contributed by atoms with Gasteiger partial charge in [-0.15, -0.1) is 0 Å². The standard InChI is InChI=1S/C27H35NO4/c1-2-8-21(9-3-1)19-30-22-14-16-28(18-22)24-10-4-5-11-25(24)29-17-15-23-20-31-26-12-6-7-13-27(26)32-23/h1-3,6-9,12-13,22-25H,4-5,10-11,14-20H2/t22-,23?,24-,25-/m1/s1. The predicted molar refractivity (Wildman–Crippen MR) is 124 cm³/mol. The molecule has 0 radical (unpaired) electrons. The molecule has 2 fully saturated rings. The summed E-state index contributed by atoms with van der Waals surface area (Å²) >= 11 is 0. The summed E-state index contributed by atoms with van der Waals surface area (Å²) in [7, 11) is 0. The molecule has 2 aliphatic heterocycles. The fraction of sp³-hybridized carbons (Fsp3) is 0.556. The first-order chi connectivity index (χ1) is 15.8. The highest BCUT2D eigenvalue weighted by Crippen LogP contribution is 2.32. The molecule has 172 valence electrons. The Bertz CT molecular complexity index is 845. The Morgan fingerprint density at radius 3 is 2.59 bits per heavy atom. The molecule has 1 saturated heterocycles. The van der Waals surface area contributed by atoms with Crippen LogP contribution in [-0.4, -0.2) is 55.6 Å². The molecule has 1 unspecified atom stereocenters. The van der Waals surface area contributed by atoms with Gasteiger partial charge in [0, 0.05) is 25.6 Å². The summed E-state index contributed by atoms with van der Waals surface area (Å²) < 4.78 is 24.6. The van der Waals surface area contributed by atoms with Crippen molar-refractivity contribution < 1.29 is 18.9 Å². The molecule has 0 amide bonds. The number of hydrogen-bond donors (Lipinski definition) is 0. The van der Waals surface area contributed by atoms with Crippen molar-refractivity contribution in [1.82, 2.24) is 4.90 Å². The molecular formula is C27H35NO4. The quantitative estimate of drug-likeness (QED) is 0.591. The summed E-state index contributed by atoms with van der Waals surface area (Å²) in [6.45, 7) is 4.16. The predicted octanol–water partition coefficient (Wildman–Crippen LogP) is 4.84. The second kappa shape index (κ2) is 10.7. The van der Waals surface area contributed by atoms with Gasteiger partial charge in [-0.3, -0.25) is 4.90 Å². The monoisotopic (exact) mass is 437 g/mol. The van der Waals surface area contributed by atoms with Crippen molar-refractivity contribution >= 4 is 0 Å². The van der Waals surface area contributed by atoms with E-state index < -0.39 is 0 Å². The van der Waals surface area contributed by atoms with E-state index in [1.165, 1.54) is 24.8 Å². The van der Waals surface area contributed by atoms with E-state index >= 15 is 0 Å². The van der Waals surface area contributed by atoms with Crippen LogP contribution in [0.3, 0.4) is 0 Å². The molecule has 0 N–H and O–H groups in total. The van der Waals surface area contributed by atoms with Gasteiger partial charge < -0.3 is 18.9 Å².